The minimum Gasteiger partial charge on any atom is -0.370 e. The molecule has 1 amide bonds. The fraction of sp³-hybridized carbons (Fsp3) is 0.261. The molecule has 6 rings (SSSR count). The first-order valence-electron chi connectivity index (χ1n) is 9.48. The summed E-state index contributed by atoms with van der Waals surface area (Å²) >= 11 is 0. The first kappa shape index (κ1) is 15.2. The van der Waals surface area contributed by atoms with Crippen molar-refractivity contribution in [3.63, 3.8) is 0 Å². The van der Waals surface area contributed by atoms with Gasteiger partial charge in [-0.15, -0.1) is 0 Å². The van der Waals surface area contributed by atoms with Crippen molar-refractivity contribution in [1.29, 1.82) is 0 Å². The second-order valence-corrected chi connectivity index (χ2v) is 8.10. The van der Waals surface area contributed by atoms with Crippen molar-refractivity contribution in [3.8, 4) is 0 Å². The molecule has 2 aromatic rings. The molecule has 0 radical (unpaired) electrons. The minimum atomic E-state index is -0.807. The minimum absolute atomic E-state index is 0.0337. The van der Waals surface area contributed by atoms with Crippen LogP contribution in [0.4, 0.5) is 10.1 Å². The predicted octanol–water partition coefficient (Wildman–Crippen LogP) is 3.85. The molecule has 0 unspecified atom stereocenters. The lowest BCUT2D eigenvalue weighted by atomic mass is 9.62. The Bertz CT molecular complexity index is 1040. The Morgan fingerprint density at radius 1 is 1.04 bits per heavy atom. The molecule has 1 saturated heterocycles. The van der Waals surface area contributed by atoms with E-state index in [9.17, 15) is 4.79 Å². The van der Waals surface area contributed by atoms with Gasteiger partial charge in [0, 0.05) is 17.3 Å². The van der Waals surface area contributed by atoms with Crippen molar-refractivity contribution >= 4 is 11.6 Å². The van der Waals surface area contributed by atoms with E-state index < -0.39 is 11.0 Å². The maximum Gasteiger partial charge on any atom is 0.251 e. The summed E-state index contributed by atoms with van der Waals surface area (Å²) in [5, 5.41) is 6.60. The van der Waals surface area contributed by atoms with Gasteiger partial charge in [0.15, 0.2) is 0 Å². The van der Waals surface area contributed by atoms with Crippen LogP contribution in [0.2, 0.25) is 0 Å². The van der Waals surface area contributed by atoms with Gasteiger partial charge in [-0.1, -0.05) is 48.5 Å². The van der Waals surface area contributed by atoms with Gasteiger partial charge in [-0.25, -0.2) is 4.39 Å². The molecule has 1 saturated carbocycles. The Morgan fingerprint density at radius 2 is 1.81 bits per heavy atom. The zero-order valence-electron chi connectivity index (χ0n) is 14.7. The van der Waals surface area contributed by atoms with Crippen LogP contribution in [-0.4, -0.2) is 11.4 Å². The predicted molar refractivity (Wildman–Crippen MR) is 102 cm³/mol. The van der Waals surface area contributed by atoms with Gasteiger partial charge in [-0.2, -0.15) is 0 Å². The fourth-order valence-corrected chi connectivity index (χ4v) is 6.18. The highest BCUT2D eigenvalue weighted by molar-refractivity contribution is 6.02. The van der Waals surface area contributed by atoms with Crippen molar-refractivity contribution in [2.45, 2.75) is 23.8 Å². The third-order valence-corrected chi connectivity index (χ3v) is 6.99. The molecule has 2 fully saturated rings. The zero-order chi connectivity index (χ0) is 18.2. The van der Waals surface area contributed by atoms with E-state index in [-0.39, 0.29) is 23.6 Å². The van der Waals surface area contributed by atoms with Crippen LogP contribution in [0, 0.1) is 11.8 Å². The lowest BCUT2D eigenvalue weighted by Gasteiger charge is -2.39. The molecule has 0 bridgehead atoms. The molecular formula is C23H19FN2O. The highest BCUT2D eigenvalue weighted by Gasteiger charge is 2.77. The van der Waals surface area contributed by atoms with Gasteiger partial charge >= 0.3 is 0 Å². The summed E-state index contributed by atoms with van der Waals surface area (Å²) in [4.78, 5) is 13.2. The van der Waals surface area contributed by atoms with Crippen LogP contribution in [0.5, 0.6) is 0 Å². The smallest absolute Gasteiger partial charge is 0.251 e. The number of allylic oxidation sites excluding steroid dienone is 3. The number of hydrogen-bond donors (Lipinski definition) is 2. The summed E-state index contributed by atoms with van der Waals surface area (Å²) in [7, 11) is 0. The Hall–Kier alpha value is -2.88. The topological polar surface area (TPSA) is 41.1 Å². The van der Waals surface area contributed by atoms with E-state index in [2.05, 4.69) is 28.8 Å². The summed E-state index contributed by atoms with van der Waals surface area (Å²) in [5.41, 5.74) is 2.55. The van der Waals surface area contributed by atoms with Crippen LogP contribution in [-0.2, 0) is 16.6 Å². The molecular weight excluding hydrogens is 339 g/mol. The highest BCUT2D eigenvalue weighted by atomic mass is 19.1. The van der Waals surface area contributed by atoms with Crippen molar-refractivity contribution < 1.29 is 9.18 Å². The Kier molecular flexibility index (Phi) is 2.75. The summed E-state index contributed by atoms with van der Waals surface area (Å²) in [6, 6.07) is 18.2. The summed E-state index contributed by atoms with van der Waals surface area (Å²) in [6.07, 6.45) is 4.69. The summed E-state index contributed by atoms with van der Waals surface area (Å²) in [6.45, 7) is 0. The molecule has 2 aliphatic heterocycles. The Morgan fingerprint density at radius 3 is 2.67 bits per heavy atom. The van der Waals surface area contributed by atoms with E-state index in [1.807, 2.05) is 36.4 Å². The molecule has 2 N–H and O–H groups in total. The number of para-hydroxylation sites is 1. The molecule has 0 aromatic heterocycles. The van der Waals surface area contributed by atoms with Crippen LogP contribution in [0.15, 0.2) is 78.3 Å². The monoisotopic (exact) mass is 358 g/mol. The van der Waals surface area contributed by atoms with E-state index in [1.165, 1.54) is 5.56 Å². The summed E-state index contributed by atoms with van der Waals surface area (Å²) < 4.78 is 15.4. The normalized spacial score (nSPS) is 34.8. The fourth-order valence-electron chi connectivity index (χ4n) is 6.18. The number of benzene rings is 2. The van der Waals surface area contributed by atoms with Crippen molar-refractivity contribution in [2.24, 2.45) is 11.8 Å². The Balaban J connectivity index is 1.58. The molecule has 4 heteroatoms. The Labute approximate surface area is 157 Å². The number of carbonyl (C=O) groups excluding carboxylic acids is 1. The van der Waals surface area contributed by atoms with Crippen molar-refractivity contribution in [1.82, 2.24) is 5.32 Å². The molecule has 3 nitrogen and oxygen atoms in total. The third kappa shape index (κ3) is 1.61. The molecule has 1 spiro atoms. The highest BCUT2D eigenvalue weighted by Crippen LogP contribution is 2.69. The van der Waals surface area contributed by atoms with E-state index >= 15 is 4.39 Å². The second kappa shape index (κ2) is 4.89. The van der Waals surface area contributed by atoms with Gasteiger partial charge in [0.25, 0.3) is 5.91 Å². The van der Waals surface area contributed by atoms with Crippen LogP contribution >= 0.6 is 0 Å². The molecule has 27 heavy (non-hydrogen) atoms. The second-order valence-electron chi connectivity index (χ2n) is 8.10. The number of fused-ring (bicyclic) bond motifs is 1. The molecule has 2 aliphatic carbocycles. The molecule has 4 atom stereocenters. The van der Waals surface area contributed by atoms with Gasteiger partial charge in [-0.05, 0) is 48.1 Å². The standard InChI is InChI=1S/C23H19FN2O/c24-17-10-11-19-23-16-8-4-5-9-18(16)26-22(23,21(27)25-19)13-15(20(17)23)12-14-6-2-1-3-7-14/h1-11,15,20,26H,12-13H2,(H,25,27)/t15-,20-,22-,23+/m1/s1. The molecule has 134 valence electrons. The van der Waals surface area contributed by atoms with E-state index in [0.717, 1.165) is 23.4 Å². The average Bonchev–Trinajstić information content (AvgIpc) is 3.21. The largest absolute Gasteiger partial charge is 0.370 e. The first-order valence-corrected chi connectivity index (χ1v) is 9.48. The van der Waals surface area contributed by atoms with Gasteiger partial charge in [-0.3, -0.25) is 4.79 Å². The van der Waals surface area contributed by atoms with Crippen LogP contribution < -0.4 is 10.6 Å². The molecule has 2 heterocycles. The van der Waals surface area contributed by atoms with Crippen molar-refractivity contribution in [2.75, 3.05) is 5.32 Å². The van der Waals surface area contributed by atoms with E-state index in [0.29, 0.717) is 6.42 Å². The SMILES string of the molecule is O=C1NC2=CC=C(F)[C@H]3[C@H](Cc4ccccc4)C[C@@]14Nc1ccccc1[C@]234. The van der Waals surface area contributed by atoms with Gasteiger partial charge in [0.1, 0.15) is 11.4 Å². The lowest BCUT2D eigenvalue weighted by Crippen LogP contribution is -2.52. The number of halogens is 1. The van der Waals surface area contributed by atoms with Gasteiger partial charge in [0.05, 0.1) is 5.41 Å². The average molecular weight is 358 g/mol. The van der Waals surface area contributed by atoms with Crippen LogP contribution in [0.25, 0.3) is 0 Å². The van der Waals surface area contributed by atoms with E-state index in [1.54, 1.807) is 12.2 Å². The number of carbonyl (C=O) groups is 1. The number of nitrogens with one attached hydrogen (secondary N) is 2. The quantitative estimate of drug-likeness (QED) is 0.856. The summed E-state index contributed by atoms with van der Waals surface area (Å²) in [5.74, 6) is -0.433. The maximum absolute atomic E-state index is 15.4. The maximum atomic E-state index is 15.4. The third-order valence-electron chi connectivity index (χ3n) is 6.99. The van der Waals surface area contributed by atoms with Crippen molar-refractivity contribution in [3.05, 3.63) is 89.4 Å². The lowest BCUT2D eigenvalue weighted by molar-refractivity contribution is -0.123. The van der Waals surface area contributed by atoms with Gasteiger partial charge in [0.2, 0.25) is 0 Å². The molecule has 2 aromatic carbocycles. The van der Waals surface area contributed by atoms with E-state index in [4.69, 9.17) is 0 Å². The number of anilines is 1. The molecule has 4 aliphatic rings. The van der Waals surface area contributed by atoms with Crippen LogP contribution in [0.3, 0.4) is 0 Å². The number of rotatable bonds is 2. The zero-order valence-corrected chi connectivity index (χ0v) is 14.7. The van der Waals surface area contributed by atoms with Crippen LogP contribution in [0.1, 0.15) is 17.5 Å². The van der Waals surface area contributed by atoms with Gasteiger partial charge < -0.3 is 10.6 Å². The first-order chi connectivity index (χ1) is 13.2. The number of hydrogen-bond acceptors (Lipinski definition) is 2. The number of amides is 1.